The molecule has 0 amide bonds. The third kappa shape index (κ3) is 5.71. The number of rotatable bonds is 4. The molecule has 2 fully saturated rings. The maximum absolute atomic E-state index is 13.2. The largest absolute Gasteiger partial charge is 0.372 e. The molecule has 0 aromatic carbocycles. The van der Waals surface area contributed by atoms with E-state index in [-0.39, 0.29) is 5.60 Å². The van der Waals surface area contributed by atoms with Gasteiger partial charge in [0, 0.05) is 19.5 Å². The number of alkyl halides is 1. The van der Waals surface area contributed by atoms with Gasteiger partial charge in [0.15, 0.2) is 0 Å². The van der Waals surface area contributed by atoms with Crippen molar-refractivity contribution in [2.24, 2.45) is 0 Å². The molecular formula is C15H27FN2O2. The lowest BCUT2D eigenvalue weighted by Crippen LogP contribution is -2.48. The summed E-state index contributed by atoms with van der Waals surface area (Å²) in [6.45, 7) is 12.2. The minimum absolute atomic E-state index is 0.241. The van der Waals surface area contributed by atoms with Crippen molar-refractivity contribution in [1.29, 1.82) is 0 Å². The first-order chi connectivity index (χ1) is 9.43. The molecule has 0 saturated carbocycles. The Morgan fingerprint density at radius 3 is 2.60 bits per heavy atom. The van der Waals surface area contributed by atoms with Crippen LogP contribution in [-0.2, 0) is 4.74 Å². The summed E-state index contributed by atoms with van der Waals surface area (Å²) < 4.78 is 18.7. The van der Waals surface area contributed by atoms with Crippen molar-refractivity contribution in [1.82, 2.24) is 10.4 Å². The molecule has 20 heavy (non-hydrogen) atoms. The number of hydrogen-bond donors (Lipinski definition) is 2. The number of ether oxygens (including phenoxy) is 1. The summed E-state index contributed by atoms with van der Waals surface area (Å²) in [4.78, 5) is 0. The van der Waals surface area contributed by atoms with Crippen LogP contribution in [0.25, 0.3) is 0 Å². The lowest BCUT2D eigenvalue weighted by atomic mass is 10.0. The van der Waals surface area contributed by atoms with E-state index in [1.54, 1.807) is 6.08 Å². The molecule has 2 atom stereocenters. The molecule has 0 spiro atoms. The second kappa shape index (κ2) is 7.88. The quantitative estimate of drug-likeness (QED) is 0.779. The van der Waals surface area contributed by atoms with E-state index in [0.29, 0.717) is 39.1 Å². The molecule has 0 unspecified atom stereocenters. The first-order valence-corrected chi connectivity index (χ1v) is 7.12. The van der Waals surface area contributed by atoms with Gasteiger partial charge in [-0.3, -0.25) is 0 Å². The molecule has 0 aromatic rings. The summed E-state index contributed by atoms with van der Waals surface area (Å²) in [5, 5.41) is 13.5. The summed E-state index contributed by atoms with van der Waals surface area (Å²) >= 11 is 0. The zero-order valence-corrected chi connectivity index (χ0v) is 12.4. The van der Waals surface area contributed by atoms with Crippen LogP contribution in [0, 0.1) is 0 Å². The Morgan fingerprint density at radius 1 is 1.40 bits per heavy atom. The minimum atomic E-state index is -0.984. The van der Waals surface area contributed by atoms with E-state index in [1.807, 2.05) is 13.0 Å². The predicted octanol–water partition coefficient (Wildman–Crippen LogP) is 2.31. The van der Waals surface area contributed by atoms with Crippen molar-refractivity contribution < 1.29 is 14.3 Å². The maximum Gasteiger partial charge on any atom is 0.128 e. The van der Waals surface area contributed by atoms with Gasteiger partial charge in [-0.1, -0.05) is 12.2 Å². The molecule has 2 N–H and O–H groups in total. The highest BCUT2D eigenvalue weighted by molar-refractivity contribution is 4.93. The molecule has 0 radical (unpaired) electrons. The van der Waals surface area contributed by atoms with Crippen LogP contribution in [0.3, 0.4) is 0 Å². The molecule has 0 aromatic heterocycles. The standard InChI is InChI=1S/C8H15NO2.C7H12FN/c1-3-4-8(2)7-9(10)5-6-11-8;1-2-3-7(8)4-5-9-6-7/h3,10H,1,4-7H2,2H3;2,9H,1,3-6H2/t8-;7-/m00/s1. The van der Waals surface area contributed by atoms with E-state index < -0.39 is 5.67 Å². The number of allylic oxidation sites excluding steroid dienone is 1. The van der Waals surface area contributed by atoms with Crippen molar-refractivity contribution in [3.63, 3.8) is 0 Å². The van der Waals surface area contributed by atoms with Crippen LogP contribution in [-0.4, -0.2) is 54.3 Å². The van der Waals surface area contributed by atoms with Gasteiger partial charge in [0.1, 0.15) is 5.67 Å². The highest BCUT2D eigenvalue weighted by Gasteiger charge is 2.31. The van der Waals surface area contributed by atoms with Crippen LogP contribution in [0.5, 0.6) is 0 Å². The molecule has 5 heteroatoms. The maximum atomic E-state index is 13.2. The Morgan fingerprint density at radius 2 is 2.10 bits per heavy atom. The number of halogens is 1. The molecule has 2 aliphatic rings. The van der Waals surface area contributed by atoms with Gasteiger partial charge in [-0.15, -0.1) is 13.2 Å². The molecule has 2 heterocycles. The topological polar surface area (TPSA) is 44.7 Å². The molecule has 2 rings (SSSR count). The normalized spacial score (nSPS) is 34.1. The van der Waals surface area contributed by atoms with Crippen LogP contribution >= 0.6 is 0 Å². The summed E-state index contributed by atoms with van der Waals surface area (Å²) in [7, 11) is 0. The zero-order chi connectivity index (χ0) is 15.1. The van der Waals surface area contributed by atoms with Gasteiger partial charge in [-0.2, -0.15) is 5.06 Å². The average molecular weight is 286 g/mol. The lowest BCUT2D eigenvalue weighted by molar-refractivity contribution is -0.201. The van der Waals surface area contributed by atoms with Crippen LogP contribution in [0.2, 0.25) is 0 Å². The Bertz CT molecular complexity index is 319. The van der Waals surface area contributed by atoms with Gasteiger partial charge < -0.3 is 15.3 Å². The fourth-order valence-electron chi connectivity index (χ4n) is 2.48. The second-order valence-electron chi connectivity index (χ2n) is 5.75. The van der Waals surface area contributed by atoms with Crippen molar-refractivity contribution >= 4 is 0 Å². The molecule has 2 saturated heterocycles. The molecule has 0 bridgehead atoms. The molecule has 0 aliphatic carbocycles. The Balaban J connectivity index is 0.000000204. The van der Waals surface area contributed by atoms with Gasteiger partial charge in [-0.05, 0) is 26.3 Å². The molecule has 116 valence electrons. The highest BCUT2D eigenvalue weighted by atomic mass is 19.1. The second-order valence-corrected chi connectivity index (χ2v) is 5.75. The number of nitrogens with zero attached hydrogens (tertiary/aromatic N) is 1. The molecular weight excluding hydrogens is 259 g/mol. The van der Waals surface area contributed by atoms with Crippen LogP contribution in [0.15, 0.2) is 25.3 Å². The minimum Gasteiger partial charge on any atom is -0.372 e. The highest BCUT2D eigenvalue weighted by Crippen LogP contribution is 2.23. The van der Waals surface area contributed by atoms with E-state index in [0.717, 1.165) is 13.0 Å². The number of hydrogen-bond acceptors (Lipinski definition) is 4. The number of morpholine rings is 1. The smallest absolute Gasteiger partial charge is 0.128 e. The van der Waals surface area contributed by atoms with Gasteiger partial charge in [0.2, 0.25) is 0 Å². The van der Waals surface area contributed by atoms with E-state index in [9.17, 15) is 9.60 Å². The van der Waals surface area contributed by atoms with Crippen molar-refractivity contribution in [3.8, 4) is 0 Å². The van der Waals surface area contributed by atoms with Crippen LogP contribution in [0.4, 0.5) is 4.39 Å². The fraction of sp³-hybridized carbons (Fsp3) is 0.733. The number of nitrogens with one attached hydrogen (secondary N) is 1. The first-order valence-electron chi connectivity index (χ1n) is 7.12. The lowest BCUT2D eigenvalue weighted by Gasteiger charge is -2.36. The van der Waals surface area contributed by atoms with Crippen molar-refractivity contribution in [2.75, 3.05) is 32.8 Å². The van der Waals surface area contributed by atoms with Crippen molar-refractivity contribution in [3.05, 3.63) is 25.3 Å². The summed E-state index contributed by atoms with van der Waals surface area (Å²) in [6, 6.07) is 0. The number of hydroxylamine groups is 2. The summed E-state index contributed by atoms with van der Waals surface area (Å²) in [6.07, 6.45) is 5.37. The predicted molar refractivity (Wildman–Crippen MR) is 78.7 cm³/mol. The Labute approximate surface area is 121 Å². The van der Waals surface area contributed by atoms with Crippen LogP contribution < -0.4 is 5.32 Å². The SMILES string of the molecule is C=CC[C@@]1(C)CN(O)CCO1.C=CC[C@]1(F)CCNC1. The molecule has 4 nitrogen and oxygen atoms in total. The average Bonchev–Trinajstić information content (AvgIpc) is 2.76. The van der Waals surface area contributed by atoms with Gasteiger partial charge in [-0.25, -0.2) is 4.39 Å². The Hall–Kier alpha value is -0.750. The zero-order valence-electron chi connectivity index (χ0n) is 12.4. The third-order valence-corrected chi connectivity index (χ3v) is 3.59. The first kappa shape index (κ1) is 17.3. The third-order valence-electron chi connectivity index (χ3n) is 3.59. The van der Waals surface area contributed by atoms with E-state index in [1.165, 1.54) is 5.06 Å². The van der Waals surface area contributed by atoms with Gasteiger partial charge in [0.25, 0.3) is 0 Å². The molecule has 2 aliphatic heterocycles. The van der Waals surface area contributed by atoms with Gasteiger partial charge >= 0.3 is 0 Å². The van der Waals surface area contributed by atoms with Crippen LogP contribution in [0.1, 0.15) is 26.2 Å². The van der Waals surface area contributed by atoms with E-state index in [4.69, 9.17) is 4.74 Å². The summed E-state index contributed by atoms with van der Waals surface area (Å²) in [5.74, 6) is 0. The fourth-order valence-corrected chi connectivity index (χ4v) is 2.48. The summed E-state index contributed by atoms with van der Waals surface area (Å²) in [5.41, 5.74) is -1.23. The monoisotopic (exact) mass is 286 g/mol. The van der Waals surface area contributed by atoms with E-state index >= 15 is 0 Å². The van der Waals surface area contributed by atoms with Gasteiger partial charge in [0.05, 0.1) is 18.8 Å². The van der Waals surface area contributed by atoms with Crippen molar-refractivity contribution in [2.45, 2.75) is 37.5 Å². The van der Waals surface area contributed by atoms with E-state index in [2.05, 4.69) is 18.5 Å². The Kier molecular flexibility index (Phi) is 6.82.